The Balaban J connectivity index is 2.22. The van der Waals surface area contributed by atoms with Gasteiger partial charge in [0.2, 0.25) is 10.0 Å². The van der Waals surface area contributed by atoms with E-state index in [0.29, 0.717) is 18.7 Å². The molecule has 1 saturated carbocycles. The summed E-state index contributed by atoms with van der Waals surface area (Å²) in [5.41, 5.74) is 0.707. The van der Waals surface area contributed by atoms with Crippen LogP contribution >= 0.6 is 0 Å². The van der Waals surface area contributed by atoms with Gasteiger partial charge in [-0.15, -0.1) is 0 Å². The average molecular weight is 299 g/mol. The van der Waals surface area contributed by atoms with E-state index in [4.69, 9.17) is 4.74 Å². The number of sulfonamides is 1. The van der Waals surface area contributed by atoms with Crippen molar-refractivity contribution in [3.63, 3.8) is 0 Å². The molecule has 1 unspecified atom stereocenters. The Morgan fingerprint density at radius 2 is 1.95 bits per heavy atom. The molecule has 2 rings (SSSR count). The van der Waals surface area contributed by atoms with Gasteiger partial charge in [-0.05, 0) is 37.5 Å². The van der Waals surface area contributed by atoms with E-state index in [1.807, 2.05) is 0 Å². The van der Waals surface area contributed by atoms with Crippen LogP contribution in [-0.2, 0) is 14.8 Å². The lowest BCUT2D eigenvalue weighted by molar-refractivity contribution is 0.177. The van der Waals surface area contributed by atoms with Gasteiger partial charge in [0.1, 0.15) is 0 Å². The lowest BCUT2D eigenvalue weighted by Crippen LogP contribution is -2.35. The molecular weight excluding hydrogens is 278 g/mol. The zero-order chi connectivity index (χ0) is 14.8. The highest BCUT2D eigenvalue weighted by molar-refractivity contribution is 7.89. The molecule has 20 heavy (non-hydrogen) atoms. The van der Waals surface area contributed by atoms with E-state index in [1.54, 1.807) is 38.3 Å². The zero-order valence-electron chi connectivity index (χ0n) is 11.8. The Hall–Kier alpha value is -0.950. The normalized spacial score (nSPS) is 17.4. The number of ether oxygens (including phenoxy) is 1. The SMILES string of the molecule is COCCN(C1CC1)S(=O)(=O)c1ccc(C(C)O)cc1. The molecular formula is C14H21NO4S. The first-order valence-electron chi connectivity index (χ1n) is 6.75. The fourth-order valence-electron chi connectivity index (χ4n) is 2.10. The molecule has 1 aromatic rings. The minimum Gasteiger partial charge on any atom is -0.389 e. The van der Waals surface area contributed by atoms with E-state index in [-0.39, 0.29) is 10.9 Å². The number of aliphatic hydroxyl groups excluding tert-OH is 1. The summed E-state index contributed by atoms with van der Waals surface area (Å²) < 4.78 is 31.7. The Kier molecular flexibility index (Phi) is 4.80. The summed E-state index contributed by atoms with van der Waals surface area (Å²) in [5, 5.41) is 9.46. The highest BCUT2D eigenvalue weighted by Gasteiger charge is 2.37. The minimum atomic E-state index is -3.48. The molecule has 1 aliphatic carbocycles. The molecule has 1 aliphatic rings. The molecule has 0 aromatic heterocycles. The van der Waals surface area contributed by atoms with E-state index in [2.05, 4.69) is 0 Å². The predicted octanol–water partition coefficient (Wildman–Crippen LogP) is 1.54. The molecule has 112 valence electrons. The van der Waals surface area contributed by atoms with Crippen molar-refractivity contribution in [1.29, 1.82) is 0 Å². The quantitative estimate of drug-likeness (QED) is 0.829. The lowest BCUT2D eigenvalue weighted by Gasteiger charge is -2.21. The highest BCUT2D eigenvalue weighted by Crippen LogP contribution is 2.32. The van der Waals surface area contributed by atoms with Crippen molar-refractivity contribution in [2.45, 2.75) is 36.8 Å². The van der Waals surface area contributed by atoms with Crippen molar-refractivity contribution in [2.24, 2.45) is 0 Å². The van der Waals surface area contributed by atoms with Gasteiger partial charge in [-0.3, -0.25) is 0 Å². The molecule has 0 radical (unpaired) electrons. The maximum atomic E-state index is 12.6. The van der Waals surface area contributed by atoms with Gasteiger partial charge in [0.05, 0.1) is 17.6 Å². The number of hydrogen-bond acceptors (Lipinski definition) is 4. The number of rotatable bonds is 7. The Morgan fingerprint density at radius 3 is 2.40 bits per heavy atom. The van der Waals surface area contributed by atoms with Crippen LogP contribution in [0.5, 0.6) is 0 Å². The number of aliphatic hydroxyl groups is 1. The smallest absolute Gasteiger partial charge is 0.243 e. The molecule has 6 heteroatoms. The van der Waals surface area contributed by atoms with Crippen LogP contribution in [0.1, 0.15) is 31.4 Å². The number of hydrogen-bond donors (Lipinski definition) is 1. The van der Waals surface area contributed by atoms with Crippen LogP contribution in [0.3, 0.4) is 0 Å². The number of methoxy groups -OCH3 is 1. The largest absolute Gasteiger partial charge is 0.389 e. The van der Waals surface area contributed by atoms with Gasteiger partial charge in [0.25, 0.3) is 0 Å². The molecule has 0 bridgehead atoms. The predicted molar refractivity (Wildman–Crippen MR) is 75.9 cm³/mol. The monoisotopic (exact) mass is 299 g/mol. The van der Waals surface area contributed by atoms with E-state index >= 15 is 0 Å². The Bertz CT molecular complexity index is 535. The molecule has 0 heterocycles. The van der Waals surface area contributed by atoms with E-state index in [9.17, 15) is 13.5 Å². The van der Waals surface area contributed by atoms with Crippen molar-refractivity contribution in [3.8, 4) is 0 Å². The third-order valence-corrected chi connectivity index (χ3v) is 5.41. The summed E-state index contributed by atoms with van der Waals surface area (Å²) in [7, 11) is -1.92. The standard InChI is InChI=1S/C14H21NO4S/c1-11(16)12-3-7-14(8-4-12)20(17,18)15(9-10-19-2)13-5-6-13/h3-4,7-8,11,13,16H,5-6,9-10H2,1-2H3. The van der Waals surface area contributed by atoms with Gasteiger partial charge in [0, 0.05) is 19.7 Å². The molecule has 5 nitrogen and oxygen atoms in total. The maximum Gasteiger partial charge on any atom is 0.243 e. The number of benzene rings is 1. The van der Waals surface area contributed by atoms with Crippen molar-refractivity contribution >= 4 is 10.0 Å². The first-order valence-corrected chi connectivity index (χ1v) is 8.19. The summed E-state index contributed by atoms with van der Waals surface area (Å²) in [6.45, 7) is 2.42. The Morgan fingerprint density at radius 1 is 1.35 bits per heavy atom. The zero-order valence-corrected chi connectivity index (χ0v) is 12.6. The van der Waals surface area contributed by atoms with Crippen LogP contribution in [0, 0.1) is 0 Å². The fraction of sp³-hybridized carbons (Fsp3) is 0.571. The number of nitrogens with zero attached hydrogens (tertiary/aromatic N) is 1. The molecule has 0 amide bonds. The van der Waals surface area contributed by atoms with E-state index in [0.717, 1.165) is 12.8 Å². The topological polar surface area (TPSA) is 66.8 Å². The fourth-order valence-corrected chi connectivity index (χ4v) is 3.77. The van der Waals surface area contributed by atoms with Crippen molar-refractivity contribution < 1.29 is 18.3 Å². The maximum absolute atomic E-state index is 12.6. The van der Waals surface area contributed by atoms with Crippen molar-refractivity contribution in [3.05, 3.63) is 29.8 Å². The van der Waals surface area contributed by atoms with Gasteiger partial charge < -0.3 is 9.84 Å². The summed E-state index contributed by atoms with van der Waals surface area (Å²) >= 11 is 0. The third kappa shape index (κ3) is 3.38. The molecule has 0 aliphatic heterocycles. The molecule has 1 fully saturated rings. The third-order valence-electron chi connectivity index (χ3n) is 3.44. The first kappa shape index (κ1) is 15.4. The highest BCUT2D eigenvalue weighted by atomic mass is 32.2. The van der Waals surface area contributed by atoms with Crippen LogP contribution in [-0.4, -0.2) is 44.1 Å². The summed E-state index contributed by atoms with van der Waals surface area (Å²) in [4.78, 5) is 0.268. The average Bonchev–Trinajstić information content (AvgIpc) is 3.23. The van der Waals surface area contributed by atoms with Gasteiger partial charge in [-0.2, -0.15) is 4.31 Å². The summed E-state index contributed by atoms with van der Waals surface area (Å²) in [6.07, 6.45) is 1.23. The minimum absolute atomic E-state index is 0.103. The van der Waals surface area contributed by atoms with Crippen LogP contribution in [0.4, 0.5) is 0 Å². The van der Waals surface area contributed by atoms with E-state index < -0.39 is 16.1 Å². The first-order chi connectivity index (χ1) is 9.46. The molecule has 1 aromatic carbocycles. The molecule has 0 spiro atoms. The van der Waals surface area contributed by atoms with Gasteiger partial charge >= 0.3 is 0 Å². The van der Waals surface area contributed by atoms with Gasteiger partial charge in [0.15, 0.2) is 0 Å². The molecule has 0 saturated heterocycles. The lowest BCUT2D eigenvalue weighted by atomic mass is 10.1. The van der Waals surface area contributed by atoms with Crippen LogP contribution in [0.25, 0.3) is 0 Å². The second-order valence-corrected chi connectivity index (χ2v) is 6.98. The van der Waals surface area contributed by atoms with Gasteiger partial charge in [-0.1, -0.05) is 12.1 Å². The van der Waals surface area contributed by atoms with E-state index in [1.165, 1.54) is 4.31 Å². The van der Waals surface area contributed by atoms with Crippen molar-refractivity contribution in [1.82, 2.24) is 4.31 Å². The Labute approximate surface area is 120 Å². The summed E-state index contributed by atoms with van der Waals surface area (Å²) in [5.74, 6) is 0. The molecule has 1 atom stereocenters. The second-order valence-electron chi connectivity index (χ2n) is 5.08. The summed E-state index contributed by atoms with van der Waals surface area (Å²) in [6, 6.07) is 6.52. The van der Waals surface area contributed by atoms with Crippen molar-refractivity contribution in [2.75, 3.05) is 20.3 Å². The second kappa shape index (κ2) is 6.22. The molecule has 1 N–H and O–H groups in total. The van der Waals surface area contributed by atoms with Crippen LogP contribution < -0.4 is 0 Å². The van der Waals surface area contributed by atoms with Gasteiger partial charge in [-0.25, -0.2) is 8.42 Å². The van der Waals surface area contributed by atoms with Crippen LogP contribution in [0.2, 0.25) is 0 Å². The van der Waals surface area contributed by atoms with Crippen LogP contribution in [0.15, 0.2) is 29.2 Å².